The molecule has 19 heavy (non-hydrogen) atoms. The standard InChI is InChI=1S/C13H27N3O2S/c1-12(16-8-3-2-4-9-16)10-15-19(17,18)11-13-6-5-7-14-13/h12-15H,2-11H2,1H3. The van der Waals surface area contributed by atoms with E-state index >= 15 is 0 Å². The van der Waals surface area contributed by atoms with Crippen molar-refractivity contribution in [1.82, 2.24) is 14.9 Å². The second-order valence-electron chi connectivity index (χ2n) is 5.87. The van der Waals surface area contributed by atoms with Crippen LogP contribution >= 0.6 is 0 Å². The molecule has 0 spiro atoms. The summed E-state index contributed by atoms with van der Waals surface area (Å²) in [5.41, 5.74) is 0. The van der Waals surface area contributed by atoms with E-state index in [2.05, 4.69) is 21.9 Å². The molecular weight excluding hydrogens is 262 g/mol. The van der Waals surface area contributed by atoms with Gasteiger partial charge < -0.3 is 5.32 Å². The van der Waals surface area contributed by atoms with Gasteiger partial charge in [-0.05, 0) is 52.2 Å². The first-order valence-corrected chi connectivity index (χ1v) is 9.17. The van der Waals surface area contributed by atoms with Crippen molar-refractivity contribution in [2.45, 2.75) is 51.1 Å². The largest absolute Gasteiger partial charge is 0.313 e. The maximum absolute atomic E-state index is 12.0. The highest BCUT2D eigenvalue weighted by Gasteiger charge is 2.23. The van der Waals surface area contributed by atoms with Gasteiger partial charge in [0, 0.05) is 18.6 Å². The predicted octanol–water partition coefficient (Wildman–Crippen LogP) is 0.532. The zero-order chi connectivity index (χ0) is 13.7. The zero-order valence-electron chi connectivity index (χ0n) is 11.9. The Bertz CT molecular complexity index is 360. The van der Waals surface area contributed by atoms with Crippen molar-refractivity contribution in [3.05, 3.63) is 0 Å². The Balaban J connectivity index is 1.73. The van der Waals surface area contributed by atoms with E-state index in [0.717, 1.165) is 32.5 Å². The number of sulfonamides is 1. The molecule has 2 N–H and O–H groups in total. The third-order valence-electron chi connectivity index (χ3n) is 4.20. The average molecular weight is 289 g/mol. The number of nitrogens with zero attached hydrogens (tertiary/aromatic N) is 1. The van der Waals surface area contributed by atoms with Gasteiger partial charge in [0.2, 0.25) is 10.0 Å². The van der Waals surface area contributed by atoms with E-state index in [0.29, 0.717) is 12.6 Å². The van der Waals surface area contributed by atoms with Crippen LogP contribution in [0, 0.1) is 0 Å². The van der Waals surface area contributed by atoms with Gasteiger partial charge in [-0.15, -0.1) is 0 Å². The number of piperidine rings is 1. The topological polar surface area (TPSA) is 61.4 Å². The molecule has 2 atom stereocenters. The Morgan fingerprint density at radius 2 is 2.00 bits per heavy atom. The molecule has 0 saturated carbocycles. The third-order valence-corrected chi connectivity index (χ3v) is 5.64. The number of rotatable bonds is 6. The maximum Gasteiger partial charge on any atom is 0.213 e. The molecule has 0 radical (unpaired) electrons. The van der Waals surface area contributed by atoms with Crippen LogP contribution in [0.3, 0.4) is 0 Å². The lowest BCUT2D eigenvalue weighted by molar-refractivity contribution is 0.175. The van der Waals surface area contributed by atoms with Crippen molar-refractivity contribution in [3.8, 4) is 0 Å². The molecule has 2 aliphatic rings. The molecule has 0 aromatic heterocycles. The third kappa shape index (κ3) is 5.02. The normalized spacial score (nSPS) is 27.5. The minimum atomic E-state index is -3.14. The quantitative estimate of drug-likeness (QED) is 0.749. The first-order valence-electron chi connectivity index (χ1n) is 7.51. The van der Waals surface area contributed by atoms with Gasteiger partial charge in [0.05, 0.1) is 5.75 Å². The molecule has 2 unspecified atom stereocenters. The average Bonchev–Trinajstić information content (AvgIpc) is 2.89. The number of hydrogen-bond donors (Lipinski definition) is 2. The highest BCUT2D eigenvalue weighted by molar-refractivity contribution is 7.89. The van der Waals surface area contributed by atoms with E-state index in [4.69, 9.17) is 0 Å². The van der Waals surface area contributed by atoms with E-state index < -0.39 is 10.0 Å². The molecule has 6 heteroatoms. The number of hydrogen-bond acceptors (Lipinski definition) is 4. The fourth-order valence-electron chi connectivity index (χ4n) is 2.96. The van der Waals surface area contributed by atoms with E-state index in [9.17, 15) is 8.42 Å². The van der Waals surface area contributed by atoms with Crippen LogP contribution in [-0.2, 0) is 10.0 Å². The smallest absolute Gasteiger partial charge is 0.213 e. The molecule has 0 aromatic carbocycles. The van der Waals surface area contributed by atoms with E-state index in [1.165, 1.54) is 19.3 Å². The minimum Gasteiger partial charge on any atom is -0.313 e. The van der Waals surface area contributed by atoms with Crippen molar-refractivity contribution in [3.63, 3.8) is 0 Å². The molecule has 0 bridgehead atoms. The fraction of sp³-hybridized carbons (Fsp3) is 1.00. The second-order valence-corrected chi connectivity index (χ2v) is 7.72. The highest BCUT2D eigenvalue weighted by atomic mass is 32.2. The van der Waals surface area contributed by atoms with Crippen molar-refractivity contribution < 1.29 is 8.42 Å². The number of nitrogens with one attached hydrogen (secondary N) is 2. The van der Waals surface area contributed by atoms with Gasteiger partial charge in [0.1, 0.15) is 0 Å². The van der Waals surface area contributed by atoms with Crippen LogP contribution in [0.15, 0.2) is 0 Å². The lowest BCUT2D eigenvalue weighted by Crippen LogP contribution is -2.46. The van der Waals surface area contributed by atoms with Crippen LogP contribution in [0.1, 0.15) is 39.0 Å². The zero-order valence-corrected chi connectivity index (χ0v) is 12.7. The Morgan fingerprint density at radius 3 is 2.63 bits per heavy atom. The molecule has 2 aliphatic heterocycles. The molecule has 0 amide bonds. The van der Waals surface area contributed by atoms with Gasteiger partial charge in [-0.3, -0.25) is 4.90 Å². The lowest BCUT2D eigenvalue weighted by atomic mass is 10.1. The Hall–Kier alpha value is -0.170. The molecule has 0 aliphatic carbocycles. The van der Waals surface area contributed by atoms with Crippen LogP contribution < -0.4 is 10.0 Å². The molecular formula is C13H27N3O2S. The summed E-state index contributed by atoms with van der Waals surface area (Å²) in [7, 11) is -3.14. The molecule has 2 heterocycles. The first kappa shape index (κ1) is 15.2. The molecule has 5 nitrogen and oxygen atoms in total. The summed E-state index contributed by atoms with van der Waals surface area (Å²) >= 11 is 0. The van der Waals surface area contributed by atoms with Crippen molar-refractivity contribution in [1.29, 1.82) is 0 Å². The van der Waals surface area contributed by atoms with Gasteiger partial charge >= 0.3 is 0 Å². The summed E-state index contributed by atoms with van der Waals surface area (Å²) in [5, 5.41) is 3.23. The van der Waals surface area contributed by atoms with Crippen LogP contribution in [-0.4, -0.2) is 57.3 Å². The molecule has 2 rings (SSSR count). The van der Waals surface area contributed by atoms with Crippen LogP contribution in [0.2, 0.25) is 0 Å². The van der Waals surface area contributed by atoms with Crippen molar-refractivity contribution in [2.75, 3.05) is 31.9 Å². The van der Waals surface area contributed by atoms with Gasteiger partial charge in [-0.1, -0.05) is 6.42 Å². The summed E-state index contributed by atoms with van der Waals surface area (Å²) < 4.78 is 26.8. The minimum absolute atomic E-state index is 0.141. The second kappa shape index (κ2) is 7.02. The summed E-state index contributed by atoms with van der Waals surface area (Å²) in [5.74, 6) is 0.222. The van der Waals surface area contributed by atoms with Gasteiger partial charge in [0.25, 0.3) is 0 Å². The van der Waals surface area contributed by atoms with Crippen molar-refractivity contribution in [2.24, 2.45) is 0 Å². The Kier molecular flexibility index (Phi) is 5.62. The molecule has 0 aromatic rings. The molecule has 2 fully saturated rings. The summed E-state index contributed by atoms with van der Waals surface area (Å²) in [6.07, 6.45) is 5.85. The SMILES string of the molecule is CC(CNS(=O)(=O)CC1CCCN1)N1CCCCC1. The number of likely N-dealkylation sites (tertiary alicyclic amines) is 1. The van der Waals surface area contributed by atoms with Crippen molar-refractivity contribution >= 4 is 10.0 Å². The van der Waals surface area contributed by atoms with Gasteiger partial charge in [-0.25, -0.2) is 13.1 Å². The highest BCUT2D eigenvalue weighted by Crippen LogP contribution is 2.12. The van der Waals surface area contributed by atoms with E-state index in [-0.39, 0.29) is 11.8 Å². The summed E-state index contributed by atoms with van der Waals surface area (Å²) in [6.45, 7) is 5.81. The monoisotopic (exact) mass is 289 g/mol. The maximum atomic E-state index is 12.0. The van der Waals surface area contributed by atoms with Gasteiger partial charge in [-0.2, -0.15) is 0 Å². The Morgan fingerprint density at radius 1 is 1.26 bits per heavy atom. The molecule has 112 valence electrons. The summed E-state index contributed by atoms with van der Waals surface area (Å²) in [6, 6.07) is 0.439. The summed E-state index contributed by atoms with van der Waals surface area (Å²) in [4.78, 5) is 2.39. The van der Waals surface area contributed by atoms with Crippen LogP contribution in [0.4, 0.5) is 0 Å². The fourth-order valence-corrected chi connectivity index (χ4v) is 4.39. The first-order chi connectivity index (χ1) is 9.07. The Labute approximate surface area is 117 Å². The van der Waals surface area contributed by atoms with Gasteiger partial charge in [0.15, 0.2) is 0 Å². The predicted molar refractivity (Wildman–Crippen MR) is 77.7 cm³/mol. The van der Waals surface area contributed by atoms with Crippen LogP contribution in [0.25, 0.3) is 0 Å². The molecule has 2 saturated heterocycles. The lowest BCUT2D eigenvalue weighted by Gasteiger charge is -2.32. The van der Waals surface area contributed by atoms with E-state index in [1.807, 2.05) is 0 Å². The van der Waals surface area contributed by atoms with Crippen LogP contribution in [0.5, 0.6) is 0 Å². The van der Waals surface area contributed by atoms with E-state index in [1.54, 1.807) is 0 Å².